The van der Waals surface area contributed by atoms with Crippen LogP contribution >= 0.6 is 11.8 Å². The molecular formula is C16H18FN5OS. The van der Waals surface area contributed by atoms with Crippen LogP contribution in [0.3, 0.4) is 0 Å². The van der Waals surface area contributed by atoms with Crippen LogP contribution in [-0.2, 0) is 12.8 Å². The molecule has 0 fully saturated rings. The molecule has 0 unspecified atom stereocenters. The first-order chi connectivity index (χ1) is 11.7. The summed E-state index contributed by atoms with van der Waals surface area (Å²) in [4.78, 5) is 8.66. The van der Waals surface area contributed by atoms with Gasteiger partial charge in [0.2, 0.25) is 16.9 Å². The van der Waals surface area contributed by atoms with Crippen LogP contribution in [0.2, 0.25) is 0 Å². The van der Waals surface area contributed by atoms with Gasteiger partial charge < -0.3 is 4.52 Å². The maximum Gasteiger partial charge on any atom is 0.226 e. The van der Waals surface area contributed by atoms with Crippen LogP contribution in [0.25, 0.3) is 11.4 Å². The summed E-state index contributed by atoms with van der Waals surface area (Å²) in [5.74, 6) is 2.45. The smallest absolute Gasteiger partial charge is 0.226 e. The van der Waals surface area contributed by atoms with Crippen LogP contribution in [0.15, 0.2) is 27.9 Å². The minimum Gasteiger partial charge on any atom is -0.339 e. The van der Waals surface area contributed by atoms with E-state index in [1.54, 1.807) is 30.8 Å². The Labute approximate surface area is 143 Å². The Morgan fingerprint density at radius 3 is 2.92 bits per heavy atom. The third-order valence-corrected chi connectivity index (χ3v) is 4.44. The molecule has 126 valence electrons. The first kappa shape index (κ1) is 16.6. The van der Waals surface area contributed by atoms with Gasteiger partial charge in [-0.1, -0.05) is 36.0 Å². The van der Waals surface area contributed by atoms with Crippen LogP contribution in [-0.4, -0.2) is 31.1 Å². The van der Waals surface area contributed by atoms with Gasteiger partial charge in [-0.2, -0.15) is 4.98 Å². The Balaban J connectivity index is 1.51. The second kappa shape index (κ2) is 7.57. The van der Waals surface area contributed by atoms with Crippen molar-refractivity contribution in [1.29, 1.82) is 0 Å². The Morgan fingerprint density at radius 1 is 1.29 bits per heavy atom. The van der Waals surface area contributed by atoms with E-state index in [9.17, 15) is 4.39 Å². The Bertz CT molecular complexity index is 816. The fraction of sp³-hybridized carbons (Fsp3) is 0.375. The highest BCUT2D eigenvalue weighted by Crippen LogP contribution is 2.20. The van der Waals surface area contributed by atoms with Gasteiger partial charge in [0.15, 0.2) is 0 Å². The Kier molecular flexibility index (Phi) is 5.24. The van der Waals surface area contributed by atoms with E-state index in [2.05, 4.69) is 25.3 Å². The number of hydrogen-bond acceptors (Lipinski definition) is 6. The van der Waals surface area contributed by atoms with Crippen LogP contribution in [0.4, 0.5) is 4.39 Å². The summed E-state index contributed by atoms with van der Waals surface area (Å²) in [5.41, 5.74) is 1.22. The molecule has 0 saturated heterocycles. The summed E-state index contributed by atoms with van der Waals surface area (Å²) in [7, 11) is 0. The molecule has 1 N–H and O–H groups in total. The maximum atomic E-state index is 13.6. The highest BCUT2D eigenvalue weighted by Gasteiger charge is 2.10. The molecule has 0 aliphatic heterocycles. The number of thioether (sulfide) groups is 1. The molecule has 0 spiro atoms. The van der Waals surface area contributed by atoms with Crippen molar-refractivity contribution in [2.75, 3.05) is 5.75 Å². The molecule has 0 bridgehead atoms. The molecule has 0 amide bonds. The summed E-state index contributed by atoms with van der Waals surface area (Å²) >= 11 is 1.59. The van der Waals surface area contributed by atoms with Crippen LogP contribution in [0, 0.1) is 12.7 Å². The zero-order valence-corrected chi connectivity index (χ0v) is 14.4. The van der Waals surface area contributed by atoms with E-state index in [4.69, 9.17) is 4.52 Å². The lowest BCUT2D eigenvalue weighted by atomic mass is 10.1. The molecule has 2 aromatic heterocycles. The summed E-state index contributed by atoms with van der Waals surface area (Å²) in [5, 5.41) is 11.7. The Hall–Kier alpha value is -2.22. The maximum absolute atomic E-state index is 13.6. The molecule has 0 aliphatic rings. The molecule has 0 saturated carbocycles. The van der Waals surface area contributed by atoms with Crippen LogP contribution < -0.4 is 0 Å². The van der Waals surface area contributed by atoms with E-state index in [1.807, 2.05) is 6.92 Å². The standard InChI is InChI=1S/C16H18FN5OS/c1-3-13-18-16(21-20-13)24-8-4-5-14-19-15(22-23-14)11-7-6-10(2)12(17)9-11/h6-7,9H,3-5,8H2,1-2H3,(H,18,20,21). The molecule has 8 heteroatoms. The predicted molar refractivity (Wildman–Crippen MR) is 89.2 cm³/mol. The van der Waals surface area contributed by atoms with Crippen molar-refractivity contribution in [3.63, 3.8) is 0 Å². The fourth-order valence-corrected chi connectivity index (χ4v) is 2.85. The van der Waals surface area contributed by atoms with E-state index in [0.717, 1.165) is 29.6 Å². The lowest BCUT2D eigenvalue weighted by Gasteiger charge is -1.97. The van der Waals surface area contributed by atoms with Gasteiger partial charge in [0, 0.05) is 24.2 Å². The molecule has 3 aromatic rings. The van der Waals surface area contributed by atoms with Crippen LogP contribution in [0.5, 0.6) is 0 Å². The van der Waals surface area contributed by atoms with Crippen molar-refractivity contribution in [2.45, 2.75) is 38.3 Å². The molecule has 0 radical (unpaired) electrons. The van der Waals surface area contributed by atoms with Gasteiger partial charge in [-0.3, -0.25) is 5.10 Å². The van der Waals surface area contributed by atoms with E-state index >= 15 is 0 Å². The molecule has 6 nitrogen and oxygen atoms in total. The average Bonchev–Trinajstić information content (AvgIpc) is 3.23. The summed E-state index contributed by atoms with van der Waals surface area (Å²) < 4.78 is 18.8. The lowest BCUT2D eigenvalue weighted by molar-refractivity contribution is 0.378. The zero-order valence-electron chi connectivity index (χ0n) is 13.5. The fourth-order valence-electron chi connectivity index (χ4n) is 2.09. The Morgan fingerprint density at radius 2 is 2.17 bits per heavy atom. The third-order valence-electron chi connectivity index (χ3n) is 3.51. The quantitative estimate of drug-likeness (QED) is 0.520. The van der Waals surface area contributed by atoms with E-state index in [0.29, 0.717) is 29.3 Å². The van der Waals surface area contributed by atoms with Gasteiger partial charge in [0.1, 0.15) is 11.6 Å². The number of nitrogens with one attached hydrogen (secondary N) is 1. The number of hydrogen-bond donors (Lipinski definition) is 1. The zero-order chi connectivity index (χ0) is 16.9. The van der Waals surface area contributed by atoms with E-state index in [-0.39, 0.29) is 5.82 Å². The van der Waals surface area contributed by atoms with Gasteiger partial charge in [-0.25, -0.2) is 9.37 Å². The average molecular weight is 347 g/mol. The normalized spacial score (nSPS) is 11.1. The number of halogens is 1. The first-order valence-corrected chi connectivity index (χ1v) is 8.77. The SMILES string of the molecule is CCc1nc(SCCCc2nc(-c3ccc(C)c(F)c3)no2)n[nH]1. The minimum absolute atomic E-state index is 0.270. The summed E-state index contributed by atoms with van der Waals surface area (Å²) in [6, 6.07) is 4.92. The molecule has 3 rings (SSSR count). The highest BCUT2D eigenvalue weighted by molar-refractivity contribution is 7.99. The summed E-state index contributed by atoms with van der Waals surface area (Å²) in [6.07, 6.45) is 2.38. The molecule has 0 aliphatic carbocycles. The minimum atomic E-state index is -0.270. The number of aromatic amines is 1. The van der Waals surface area contributed by atoms with Gasteiger partial charge in [0.25, 0.3) is 0 Å². The van der Waals surface area contributed by atoms with Gasteiger partial charge in [-0.15, -0.1) is 5.10 Å². The number of benzene rings is 1. The van der Waals surface area contributed by atoms with Crippen molar-refractivity contribution in [1.82, 2.24) is 25.3 Å². The number of H-pyrrole nitrogens is 1. The molecule has 24 heavy (non-hydrogen) atoms. The molecular weight excluding hydrogens is 329 g/mol. The first-order valence-electron chi connectivity index (χ1n) is 7.79. The molecule has 0 atom stereocenters. The largest absolute Gasteiger partial charge is 0.339 e. The highest BCUT2D eigenvalue weighted by atomic mass is 32.2. The van der Waals surface area contributed by atoms with Crippen molar-refractivity contribution in [3.05, 3.63) is 41.3 Å². The van der Waals surface area contributed by atoms with Crippen molar-refractivity contribution in [3.8, 4) is 11.4 Å². The second-order valence-electron chi connectivity index (χ2n) is 5.35. The predicted octanol–water partition coefficient (Wildman–Crippen LogP) is 3.59. The lowest BCUT2D eigenvalue weighted by Crippen LogP contribution is -1.90. The number of rotatable bonds is 7. The van der Waals surface area contributed by atoms with Crippen molar-refractivity contribution in [2.24, 2.45) is 0 Å². The van der Waals surface area contributed by atoms with Gasteiger partial charge in [0.05, 0.1) is 0 Å². The van der Waals surface area contributed by atoms with Gasteiger partial charge in [-0.05, 0) is 25.0 Å². The number of nitrogens with zero attached hydrogens (tertiary/aromatic N) is 4. The second-order valence-corrected chi connectivity index (χ2v) is 6.41. The van der Waals surface area contributed by atoms with E-state index < -0.39 is 0 Å². The van der Waals surface area contributed by atoms with E-state index in [1.165, 1.54) is 6.07 Å². The van der Waals surface area contributed by atoms with Crippen molar-refractivity contribution < 1.29 is 8.91 Å². The van der Waals surface area contributed by atoms with Crippen LogP contribution in [0.1, 0.15) is 30.6 Å². The molecule has 1 aromatic carbocycles. The molecule has 2 heterocycles. The topological polar surface area (TPSA) is 80.5 Å². The van der Waals surface area contributed by atoms with Gasteiger partial charge >= 0.3 is 0 Å². The third kappa shape index (κ3) is 4.00. The summed E-state index contributed by atoms with van der Waals surface area (Å²) in [6.45, 7) is 3.75. The monoisotopic (exact) mass is 347 g/mol. The number of aromatic nitrogens is 5. The van der Waals surface area contributed by atoms with Crippen molar-refractivity contribution >= 4 is 11.8 Å². The number of aryl methyl sites for hydroxylation is 3.